The summed E-state index contributed by atoms with van der Waals surface area (Å²) < 4.78 is 22.1. The average Bonchev–Trinajstić information content (AvgIpc) is 2.33. The summed E-state index contributed by atoms with van der Waals surface area (Å²) in [6.45, 7) is 3.89. The van der Waals surface area contributed by atoms with Gasteiger partial charge in [-0.15, -0.1) is 0 Å². The smallest absolute Gasteiger partial charge is 0.326 e. The second kappa shape index (κ2) is 9.88. The van der Waals surface area contributed by atoms with Crippen LogP contribution in [0.2, 0.25) is 0 Å². The van der Waals surface area contributed by atoms with Crippen molar-refractivity contribution in [2.45, 2.75) is 38.8 Å². The first-order valence-electron chi connectivity index (χ1n) is 6.71. The molecule has 0 bridgehead atoms. The van der Waals surface area contributed by atoms with E-state index in [0.717, 1.165) is 24.2 Å². The maximum Gasteiger partial charge on any atom is 0.326 e. The molecule has 0 aliphatic heterocycles. The second-order valence-electron chi connectivity index (χ2n) is 4.81. The molecule has 0 aliphatic carbocycles. The van der Waals surface area contributed by atoms with E-state index in [0.29, 0.717) is 0 Å². The maximum absolute atomic E-state index is 11.7. The van der Waals surface area contributed by atoms with Gasteiger partial charge in [-0.25, -0.2) is 18.0 Å². The van der Waals surface area contributed by atoms with Gasteiger partial charge in [0, 0.05) is 12.3 Å². The summed E-state index contributed by atoms with van der Waals surface area (Å²) in [6.07, 6.45) is 1.66. The molecular formula is C12H24N2O5S2. The Morgan fingerprint density at radius 1 is 1.24 bits per heavy atom. The maximum atomic E-state index is 11.7. The van der Waals surface area contributed by atoms with Gasteiger partial charge in [0.05, 0.1) is 5.75 Å². The van der Waals surface area contributed by atoms with Crippen molar-refractivity contribution in [2.24, 2.45) is 0 Å². The van der Waals surface area contributed by atoms with Gasteiger partial charge in [0.15, 0.2) is 0 Å². The third-order valence-electron chi connectivity index (χ3n) is 2.66. The Morgan fingerprint density at radius 2 is 1.86 bits per heavy atom. The molecule has 0 saturated carbocycles. The van der Waals surface area contributed by atoms with Gasteiger partial charge in [-0.05, 0) is 31.3 Å². The monoisotopic (exact) mass is 340 g/mol. The zero-order valence-corrected chi connectivity index (χ0v) is 14.2. The van der Waals surface area contributed by atoms with E-state index in [1.807, 2.05) is 6.92 Å². The van der Waals surface area contributed by atoms with Gasteiger partial charge < -0.3 is 15.7 Å². The molecule has 0 fully saturated rings. The summed E-state index contributed by atoms with van der Waals surface area (Å²) in [6, 6.07) is -1.88. The standard InChI is InChI=1S/C12H24N2O5S2/c1-4-20-7-5-9(2)13-12(17)14-10(11(15)16)6-8-21(3,18)19/h9-10H,4-8H2,1-3H3,(H,15,16)(H2,13,14,17). The molecule has 21 heavy (non-hydrogen) atoms. The SMILES string of the molecule is CCSCCC(C)NC(=O)NC(CCS(C)(=O)=O)C(=O)O. The van der Waals surface area contributed by atoms with Crippen LogP contribution >= 0.6 is 11.8 Å². The Morgan fingerprint density at radius 3 is 2.33 bits per heavy atom. The number of rotatable bonds is 10. The lowest BCUT2D eigenvalue weighted by Crippen LogP contribution is -2.49. The number of carbonyl (C=O) groups is 2. The van der Waals surface area contributed by atoms with E-state index in [1.165, 1.54) is 0 Å². The molecule has 7 nitrogen and oxygen atoms in total. The van der Waals surface area contributed by atoms with Crippen LogP contribution in [0.15, 0.2) is 0 Å². The van der Waals surface area contributed by atoms with Crippen LogP contribution in [-0.4, -0.2) is 61.1 Å². The van der Waals surface area contributed by atoms with Gasteiger partial charge in [-0.1, -0.05) is 6.92 Å². The van der Waals surface area contributed by atoms with Crippen molar-refractivity contribution >= 4 is 33.6 Å². The number of carbonyl (C=O) groups excluding carboxylic acids is 1. The minimum atomic E-state index is -3.26. The zero-order chi connectivity index (χ0) is 16.5. The van der Waals surface area contributed by atoms with Crippen molar-refractivity contribution in [3.8, 4) is 0 Å². The second-order valence-corrected chi connectivity index (χ2v) is 8.47. The van der Waals surface area contributed by atoms with E-state index in [-0.39, 0.29) is 18.2 Å². The number of amides is 2. The lowest BCUT2D eigenvalue weighted by molar-refractivity contribution is -0.139. The number of thioether (sulfide) groups is 1. The fourth-order valence-corrected chi connectivity index (χ4v) is 2.96. The fourth-order valence-electron chi connectivity index (χ4n) is 1.49. The molecular weight excluding hydrogens is 316 g/mol. The van der Waals surface area contributed by atoms with Crippen LogP contribution in [-0.2, 0) is 14.6 Å². The van der Waals surface area contributed by atoms with Gasteiger partial charge in [-0.3, -0.25) is 0 Å². The van der Waals surface area contributed by atoms with E-state index in [1.54, 1.807) is 11.8 Å². The summed E-state index contributed by atoms with van der Waals surface area (Å²) in [5, 5.41) is 13.9. The molecule has 2 atom stereocenters. The van der Waals surface area contributed by atoms with Crippen LogP contribution in [0.1, 0.15) is 26.7 Å². The first kappa shape index (κ1) is 20.0. The lowest BCUT2D eigenvalue weighted by Gasteiger charge is -2.18. The van der Waals surface area contributed by atoms with Gasteiger partial charge in [0.2, 0.25) is 0 Å². The highest BCUT2D eigenvalue weighted by atomic mass is 32.2. The quantitative estimate of drug-likeness (QED) is 0.505. The van der Waals surface area contributed by atoms with Crippen molar-refractivity contribution in [2.75, 3.05) is 23.5 Å². The Kier molecular flexibility index (Phi) is 9.43. The van der Waals surface area contributed by atoms with Crippen molar-refractivity contribution in [3.05, 3.63) is 0 Å². The molecule has 3 N–H and O–H groups in total. The number of hydrogen-bond acceptors (Lipinski definition) is 5. The highest BCUT2D eigenvalue weighted by Crippen LogP contribution is 2.04. The van der Waals surface area contributed by atoms with Crippen LogP contribution < -0.4 is 10.6 Å². The number of nitrogens with one attached hydrogen (secondary N) is 2. The minimum Gasteiger partial charge on any atom is -0.480 e. The fraction of sp³-hybridized carbons (Fsp3) is 0.833. The van der Waals surface area contributed by atoms with Crippen LogP contribution in [0, 0.1) is 0 Å². The Balaban J connectivity index is 4.25. The van der Waals surface area contributed by atoms with Gasteiger partial charge in [0.1, 0.15) is 15.9 Å². The average molecular weight is 340 g/mol. The summed E-state index contributed by atoms with van der Waals surface area (Å²) >= 11 is 1.76. The molecule has 0 rings (SSSR count). The highest BCUT2D eigenvalue weighted by Gasteiger charge is 2.22. The topological polar surface area (TPSA) is 113 Å². The van der Waals surface area contributed by atoms with E-state index in [4.69, 9.17) is 5.11 Å². The van der Waals surface area contributed by atoms with Crippen LogP contribution in [0.5, 0.6) is 0 Å². The first-order chi connectivity index (χ1) is 9.65. The van der Waals surface area contributed by atoms with Gasteiger partial charge >= 0.3 is 12.0 Å². The van der Waals surface area contributed by atoms with Crippen molar-refractivity contribution in [3.63, 3.8) is 0 Å². The van der Waals surface area contributed by atoms with Crippen molar-refractivity contribution in [1.29, 1.82) is 0 Å². The van der Waals surface area contributed by atoms with Crippen molar-refractivity contribution in [1.82, 2.24) is 10.6 Å². The molecule has 0 aliphatic rings. The molecule has 0 radical (unpaired) electrons. The Labute approximate surface area is 130 Å². The number of sulfone groups is 1. The van der Waals surface area contributed by atoms with Crippen LogP contribution in [0.3, 0.4) is 0 Å². The number of aliphatic carboxylic acids is 1. The molecule has 0 aromatic carbocycles. The lowest BCUT2D eigenvalue weighted by atomic mass is 10.2. The normalized spacial score (nSPS) is 14.2. The number of carboxylic acids is 1. The molecule has 124 valence electrons. The number of carboxylic acid groups (broad SMARTS) is 1. The third kappa shape index (κ3) is 11.4. The van der Waals surface area contributed by atoms with Crippen LogP contribution in [0.4, 0.5) is 4.79 Å². The van der Waals surface area contributed by atoms with Crippen molar-refractivity contribution < 1.29 is 23.1 Å². The van der Waals surface area contributed by atoms with Crippen LogP contribution in [0.25, 0.3) is 0 Å². The summed E-state index contributed by atoms with van der Waals surface area (Å²) in [5.41, 5.74) is 0. The summed E-state index contributed by atoms with van der Waals surface area (Å²) in [7, 11) is -3.26. The van der Waals surface area contributed by atoms with E-state index < -0.39 is 27.9 Å². The molecule has 0 aromatic rings. The molecule has 0 aromatic heterocycles. The zero-order valence-electron chi connectivity index (χ0n) is 12.6. The van der Waals surface area contributed by atoms with E-state index in [2.05, 4.69) is 17.6 Å². The third-order valence-corrected chi connectivity index (χ3v) is 4.57. The highest BCUT2D eigenvalue weighted by molar-refractivity contribution is 7.99. The molecule has 2 unspecified atom stereocenters. The predicted molar refractivity (Wildman–Crippen MR) is 84.5 cm³/mol. The first-order valence-corrected chi connectivity index (χ1v) is 9.92. The molecule has 2 amide bonds. The molecule has 0 saturated heterocycles. The summed E-state index contributed by atoms with van der Waals surface area (Å²) in [5.74, 6) is 0.385. The van der Waals surface area contributed by atoms with E-state index >= 15 is 0 Å². The Hall–Kier alpha value is -0.960. The van der Waals surface area contributed by atoms with Gasteiger partial charge in [0.25, 0.3) is 0 Å². The van der Waals surface area contributed by atoms with E-state index in [9.17, 15) is 18.0 Å². The predicted octanol–water partition coefficient (Wildman–Crippen LogP) is 0.705. The molecule has 0 heterocycles. The minimum absolute atomic E-state index is 0.0756. The van der Waals surface area contributed by atoms with Gasteiger partial charge in [-0.2, -0.15) is 11.8 Å². The Bertz CT molecular complexity index is 439. The molecule has 0 spiro atoms. The number of hydrogen-bond donors (Lipinski definition) is 3. The largest absolute Gasteiger partial charge is 0.480 e. The molecule has 9 heteroatoms. The number of urea groups is 1. The summed E-state index contributed by atoms with van der Waals surface area (Å²) in [4.78, 5) is 22.7.